The molecular weight excluding hydrogens is 398 g/mol. The van der Waals surface area contributed by atoms with Crippen molar-refractivity contribution in [2.24, 2.45) is 0 Å². The lowest BCUT2D eigenvalue weighted by molar-refractivity contribution is -0.117. The Morgan fingerprint density at radius 2 is 1.69 bits per heavy atom. The maximum atomic E-state index is 12.8. The number of nitriles is 1. The molecule has 0 aliphatic heterocycles. The molecule has 1 amide bonds. The van der Waals surface area contributed by atoms with Crippen molar-refractivity contribution in [1.82, 2.24) is 20.1 Å². The molecular formula is C26H21N5O. The van der Waals surface area contributed by atoms with Crippen LogP contribution in [0.2, 0.25) is 0 Å². The Kier molecular flexibility index (Phi) is 6.19. The van der Waals surface area contributed by atoms with E-state index in [0.29, 0.717) is 11.3 Å². The number of aromatic nitrogens is 3. The molecule has 32 heavy (non-hydrogen) atoms. The van der Waals surface area contributed by atoms with E-state index >= 15 is 0 Å². The third-order valence-electron chi connectivity index (χ3n) is 5.03. The van der Waals surface area contributed by atoms with Gasteiger partial charge in [-0.3, -0.25) is 9.78 Å². The zero-order chi connectivity index (χ0) is 22.3. The SMILES string of the molecule is CC(NC(=O)/C(C#N)=C/c1cn(-c2ccccc2)nc1-c1ccncc1)c1ccccc1. The Bertz CT molecular complexity index is 1270. The lowest BCUT2D eigenvalue weighted by atomic mass is 10.1. The van der Waals surface area contributed by atoms with E-state index in [9.17, 15) is 10.1 Å². The third kappa shape index (κ3) is 4.63. The number of hydrogen-bond donors (Lipinski definition) is 1. The van der Waals surface area contributed by atoms with Crippen molar-refractivity contribution in [3.63, 3.8) is 0 Å². The van der Waals surface area contributed by atoms with Crippen molar-refractivity contribution in [2.45, 2.75) is 13.0 Å². The van der Waals surface area contributed by atoms with E-state index in [-0.39, 0.29) is 11.6 Å². The summed E-state index contributed by atoms with van der Waals surface area (Å²) in [5, 5.41) is 17.3. The van der Waals surface area contributed by atoms with Crippen LogP contribution in [-0.4, -0.2) is 20.7 Å². The minimum absolute atomic E-state index is 0.00991. The van der Waals surface area contributed by atoms with Crippen LogP contribution in [0.1, 0.15) is 24.1 Å². The molecule has 4 aromatic rings. The highest BCUT2D eigenvalue weighted by atomic mass is 16.1. The van der Waals surface area contributed by atoms with Crippen LogP contribution in [0.3, 0.4) is 0 Å². The topological polar surface area (TPSA) is 83.6 Å². The van der Waals surface area contributed by atoms with Gasteiger partial charge in [0, 0.05) is 29.7 Å². The first-order valence-corrected chi connectivity index (χ1v) is 10.2. The van der Waals surface area contributed by atoms with Crippen molar-refractivity contribution in [3.05, 3.63) is 108 Å². The van der Waals surface area contributed by atoms with Crippen LogP contribution < -0.4 is 5.32 Å². The minimum atomic E-state index is -0.433. The highest BCUT2D eigenvalue weighted by Crippen LogP contribution is 2.25. The van der Waals surface area contributed by atoms with Crippen LogP contribution in [0, 0.1) is 11.3 Å². The second-order valence-electron chi connectivity index (χ2n) is 7.22. The molecule has 0 aliphatic rings. The summed E-state index contributed by atoms with van der Waals surface area (Å²) in [6, 6.07) is 24.8. The predicted molar refractivity (Wildman–Crippen MR) is 123 cm³/mol. The minimum Gasteiger partial charge on any atom is -0.345 e. The Morgan fingerprint density at radius 1 is 1.03 bits per heavy atom. The Morgan fingerprint density at radius 3 is 2.34 bits per heavy atom. The first-order valence-electron chi connectivity index (χ1n) is 10.2. The Hall–Kier alpha value is -4.50. The average Bonchev–Trinajstić information content (AvgIpc) is 3.28. The van der Waals surface area contributed by atoms with E-state index in [2.05, 4.69) is 10.3 Å². The molecule has 0 spiro atoms. The molecule has 0 saturated heterocycles. The summed E-state index contributed by atoms with van der Waals surface area (Å²) in [6.45, 7) is 1.89. The Balaban J connectivity index is 1.69. The van der Waals surface area contributed by atoms with Crippen molar-refractivity contribution in [2.75, 3.05) is 0 Å². The van der Waals surface area contributed by atoms with Gasteiger partial charge in [-0.15, -0.1) is 0 Å². The summed E-state index contributed by atoms with van der Waals surface area (Å²) in [6.07, 6.45) is 6.76. The third-order valence-corrected chi connectivity index (χ3v) is 5.03. The second kappa shape index (κ2) is 9.54. The van der Waals surface area contributed by atoms with E-state index in [1.54, 1.807) is 23.2 Å². The van der Waals surface area contributed by atoms with E-state index in [1.165, 1.54) is 0 Å². The van der Waals surface area contributed by atoms with Crippen LogP contribution in [0.4, 0.5) is 0 Å². The zero-order valence-corrected chi connectivity index (χ0v) is 17.5. The Labute approximate surface area is 186 Å². The van der Waals surface area contributed by atoms with Crippen molar-refractivity contribution >= 4 is 12.0 Å². The van der Waals surface area contributed by atoms with Gasteiger partial charge in [-0.2, -0.15) is 10.4 Å². The number of para-hydroxylation sites is 1. The van der Waals surface area contributed by atoms with E-state index in [4.69, 9.17) is 5.10 Å². The zero-order valence-electron chi connectivity index (χ0n) is 17.5. The number of hydrogen-bond acceptors (Lipinski definition) is 4. The van der Waals surface area contributed by atoms with Crippen LogP contribution in [-0.2, 0) is 4.79 Å². The van der Waals surface area contributed by atoms with Gasteiger partial charge in [-0.25, -0.2) is 4.68 Å². The molecule has 2 heterocycles. The molecule has 6 nitrogen and oxygen atoms in total. The standard InChI is InChI=1S/C26H21N5O/c1-19(20-8-4-2-5-9-20)29-26(32)22(17-27)16-23-18-31(24-10-6-3-7-11-24)30-25(23)21-12-14-28-15-13-21/h2-16,18-19H,1H3,(H,29,32)/b22-16+. The van der Waals surface area contributed by atoms with E-state index < -0.39 is 5.91 Å². The molecule has 0 bridgehead atoms. The van der Waals surface area contributed by atoms with Gasteiger partial charge < -0.3 is 5.32 Å². The van der Waals surface area contributed by atoms with Gasteiger partial charge in [0.05, 0.1) is 11.7 Å². The van der Waals surface area contributed by atoms with Gasteiger partial charge in [0.1, 0.15) is 17.3 Å². The molecule has 0 aliphatic carbocycles. The van der Waals surface area contributed by atoms with Gasteiger partial charge >= 0.3 is 0 Å². The van der Waals surface area contributed by atoms with Crippen LogP contribution in [0.25, 0.3) is 23.0 Å². The fourth-order valence-electron chi connectivity index (χ4n) is 3.34. The van der Waals surface area contributed by atoms with Gasteiger partial charge in [0.15, 0.2) is 0 Å². The number of nitrogens with one attached hydrogen (secondary N) is 1. The first-order chi connectivity index (χ1) is 15.7. The summed E-state index contributed by atoms with van der Waals surface area (Å²) in [5.74, 6) is -0.433. The molecule has 2 aromatic carbocycles. The summed E-state index contributed by atoms with van der Waals surface area (Å²) in [5.41, 5.74) is 4.02. The second-order valence-corrected chi connectivity index (χ2v) is 7.22. The number of carbonyl (C=O) groups is 1. The molecule has 0 saturated carbocycles. The first kappa shape index (κ1) is 20.8. The van der Waals surface area contributed by atoms with Crippen molar-refractivity contribution in [3.8, 4) is 23.0 Å². The lowest BCUT2D eigenvalue weighted by Gasteiger charge is -2.13. The lowest BCUT2D eigenvalue weighted by Crippen LogP contribution is -2.27. The van der Waals surface area contributed by atoms with Gasteiger partial charge in [0.25, 0.3) is 5.91 Å². The highest BCUT2D eigenvalue weighted by molar-refractivity contribution is 6.02. The van der Waals surface area contributed by atoms with Gasteiger partial charge in [0.2, 0.25) is 0 Å². The smallest absolute Gasteiger partial charge is 0.262 e. The monoisotopic (exact) mass is 419 g/mol. The van der Waals surface area contributed by atoms with Crippen LogP contribution in [0.15, 0.2) is 97.0 Å². The number of amides is 1. The molecule has 1 unspecified atom stereocenters. The quantitative estimate of drug-likeness (QED) is 0.362. The molecule has 2 aromatic heterocycles. The molecule has 0 fully saturated rings. The number of carbonyl (C=O) groups excluding carboxylic acids is 1. The molecule has 6 heteroatoms. The number of benzene rings is 2. The number of rotatable bonds is 6. The summed E-state index contributed by atoms with van der Waals surface area (Å²) >= 11 is 0. The summed E-state index contributed by atoms with van der Waals surface area (Å²) in [4.78, 5) is 16.9. The molecule has 0 radical (unpaired) electrons. The normalized spacial score (nSPS) is 12.1. The molecule has 4 rings (SSSR count). The maximum absolute atomic E-state index is 12.8. The van der Waals surface area contributed by atoms with Crippen molar-refractivity contribution in [1.29, 1.82) is 5.26 Å². The summed E-state index contributed by atoms with van der Waals surface area (Å²) < 4.78 is 1.74. The number of pyridine rings is 1. The summed E-state index contributed by atoms with van der Waals surface area (Å²) in [7, 11) is 0. The fourth-order valence-corrected chi connectivity index (χ4v) is 3.34. The fraction of sp³-hybridized carbons (Fsp3) is 0.0769. The largest absolute Gasteiger partial charge is 0.345 e. The van der Waals surface area contributed by atoms with Gasteiger partial charge in [-0.1, -0.05) is 48.5 Å². The van der Waals surface area contributed by atoms with Crippen LogP contribution >= 0.6 is 0 Å². The highest BCUT2D eigenvalue weighted by Gasteiger charge is 2.17. The molecule has 1 N–H and O–H groups in total. The number of nitrogens with zero attached hydrogens (tertiary/aromatic N) is 4. The maximum Gasteiger partial charge on any atom is 0.262 e. The molecule has 156 valence electrons. The van der Waals surface area contributed by atoms with Crippen LogP contribution in [0.5, 0.6) is 0 Å². The van der Waals surface area contributed by atoms with Gasteiger partial charge in [-0.05, 0) is 42.8 Å². The van der Waals surface area contributed by atoms with E-state index in [1.807, 2.05) is 92.0 Å². The average molecular weight is 419 g/mol. The van der Waals surface area contributed by atoms with Crippen molar-refractivity contribution < 1.29 is 4.79 Å². The predicted octanol–water partition coefficient (Wildman–Crippen LogP) is 4.72. The molecule has 1 atom stereocenters. The van der Waals surface area contributed by atoms with E-state index in [0.717, 1.165) is 16.8 Å².